The zero-order valence-corrected chi connectivity index (χ0v) is 16.9. The summed E-state index contributed by atoms with van der Waals surface area (Å²) in [6.07, 6.45) is 0. The number of amides is 2. The Morgan fingerprint density at radius 1 is 1.04 bits per heavy atom. The molecule has 0 saturated carbocycles. The van der Waals surface area contributed by atoms with E-state index in [1.807, 2.05) is 17.5 Å². The third kappa shape index (κ3) is 4.61. The van der Waals surface area contributed by atoms with E-state index in [0.29, 0.717) is 36.6 Å². The molecule has 0 aliphatic carbocycles. The van der Waals surface area contributed by atoms with Crippen LogP contribution < -0.4 is 0 Å². The molecule has 2 aromatic rings. The van der Waals surface area contributed by atoms with Crippen LogP contribution in [0.5, 0.6) is 0 Å². The predicted octanol–water partition coefficient (Wildman–Crippen LogP) is 2.49. The third-order valence-corrected chi connectivity index (χ3v) is 5.57. The van der Waals surface area contributed by atoms with E-state index in [1.54, 1.807) is 34.1 Å². The first-order valence-corrected chi connectivity index (χ1v) is 10.0. The van der Waals surface area contributed by atoms with E-state index in [4.69, 9.17) is 4.74 Å². The van der Waals surface area contributed by atoms with Crippen LogP contribution in [0, 0.1) is 3.57 Å². The van der Waals surface area contributed by atoms with Crippen LogP contribution in [0.1, 0.15) is 20.0 Å². The first kappa shape index (κ1) is 18.8. The monoisotopic (exact) mass is 484 g/mol. The summed E-state index contributed by atoms with van der Waals surface area (Å²) in [5.74, 6) is -0.757. The summed E-state index contributed by atoms with van der Waals surface area (Å²) in [5, 5.41) is 1.87. The molecule has 2 amide bonds. The van der Waals surface area contributed by atoms with Gasteiger partial charge in [0.1, 0.15) is 0 Å². The Hall–Kier alpha value is -1.94. The Kier molecular flexibility index (Phi) is 6.25. The highest BCUT2D eigenvalue weighted by Gasteiger charge is 2.25. The van der Waals surface area contributed by atoms with E-state index >= 15 is 0 Å². The van der Waals surface area contributed by atoms with Gasteiger partial charge < -0.3 is 14.5 Å². The molecule has 0 bridgehead atoms. The Morgan fingerprint density at radius 2 is 1.77 bits per heavy atom. The van der Waals surface area contributed by atoms with Crippen molar-refractivity contribution in [1.82, 2.24) is 9.80 Å². The number of halogens is 1. The fourth-order valence-electron chi connectivity index (χ4n) is 2.63. The SMILES string of the molecule is O=C(OCC(=O)N1CCN(C(=O)c2cccs2)CC1)c1cccc(I)c1. The minimum absolute atomic E-state index is 0.00259. The van der Waals surface area contributed by atoms with E-state index in [9.17, 15) is 14.4 Å². The molecule has 1 fully saturated rings. The summed E-state index contributed by atoms with van der Waals surface area (Å²) in [7, 11) is 0. The van der Waals surface area contributed by atoms with E-state index in [-0.39, 0.29) is 18.4 Å². The summed E-state index contributed by atoms with van der Waals surface area (Å²) >= 11 is 3.52. The Bertz CT molecular complexity index is 801. The number of carbonyl (C=O) groups excluding carboxylic acids is 3. The lowest BCUT2D eigenvalue weighted by atomic mass is 10.2. The minimum Gasteiger partial charge on any atom is -0.452 e. The van der Waals surface area contributed by atoms with Crippen LogP contribution in [0.4, 0.5) is 0 Å². The van der Waals surface area contributed by atoms with Gasteiger partial charge in [0, 0.05) is 29.7 Å². The molecule has 0 spiro atoms. The molecule has 1 aromatic heterocycles. The topological polar surface area (TPSA) is 66.9 Å². The predicted molar refractivity (Wildman–Crippen MR) is 106 cm³/mol. The number of benzene rings is 1. The van der Waals surface area contributed by atoms with Gasteiger partial charge >= 0.3 is 5.97 Å². The summed E-state index contributed by atoms with van der Waals surface area (Å²) in [5.41, 5.74) is 0.427. The first-order chi connectivity index (χ1) is 12.5. The van der Waals surface area contributed by atoms with Crippen LogP contribution in [0.15, 0.2) is 41.8 Å². The van der Waals surface area contributed by atoms with E-state index in [1.165, 1.54) is 11.3 Å². The van der Waals surface area contributed by atoms with Crippen molar-refractivity contribution >= 4 is 51.7 Å². The van der Waals surface area contributed by atoms with Crippen LogP contribution >= 0.6 is 33.9 Å². The van der Waals surface area contributed by atoms with Gasteiger partial charge in [0.15, 0.2) is 6.61 Å². The second-order valence-electron chi connectivity index (χ2n) is 5.74. The van der Waals surface area contributed by atoms with Gasteiger partial charge in [-0.2, -0.15) is 0 Å². The molecule has 1 aromatic carbocycles. The first-order valence-electron chi connectivity index (χ1n) is 8.08. The number of esters is 1. The molecular formula is C18H17IN2O4S. The summed E-state index contributed by atoms with van der Waals surface area (Å²) in [6.45, 7) is 1.55. The molecule has 0 radical (unpaired) electrons. The molecule has 3 rings (SSSR count). The van der Waals surface area contributed by atoms with Gasteiger partial charge in [-0.25, -0.2) is 4.79 Å². The quantitative estimate of drug-likeness (QED) is 0.494. The van der Waals surface area contributed by atoms with E-state index < -0.39 is 5.97 Å². The van der Waals surface area contributed by atoms with Crippen molar-refractivity contribution in [3.05, 3.63) is 55.8 Å². The van der Waals surface area contributed by atoms with Crippen LogP contribution in [0.25, 0.3) is 0 Å². The standard InChI is InChI=1S/C18H17IN2O4S/c19-14-4-1-3-13(11-14)18(24)25-12-16(22)20-6-8-21(9-7-20)17(23)15-5-2-10-26-15/h1-5,10-11H,6-9,12H2. The molecule has 0 N–H and O–H groups in total. The number of carbonyl (C=O) groups is 3. The summed E-state index contributed by atoms with van der Waals surface area (Å²) in [4.78, 5) is 40.6. The van der Waals surface area contributed by atoms with Crippen molar-refractivity contribution < 1.29 is 19.1 Å². The number of nitrogens with zero attached hydrogens (tertiary/aromatic N) is 2. The average Bonchev–Trinajstić information content (AvgIpc) is 3.20. The highest BCUT2D eigenvalue weighted by atomic mass is 127. The second-order valence-corrected chi connectivity index (χ2v) is 7.93. The van der Waals surface area contributed by atoms with Crippen molar-refractivity contribution in [3.8, 4) is 0 Å². The van der Waals surface area contributed by atoms with Gasteiger partial charge in [0.25, 0.3) is 11.8 Å². The molecule has 0 unspecified atom stereocenters. The summed E-state index contributed by atoms with van der Waals surface area (Å²) in [6, 6.07) is 10.7. The Morgan fingerprint density at radius 3 is 2.42 bits per heavy atom. The van der Waals surface area contributed by atoms with Gasteiger partial charge in [-0.05, 0) is 52.2 Å². The van der Waals surface area contributed by atoms with Crippen molar-refractivity contribution in [3.63, 3.8) is 0 Å². The minimum atomic E-state index is -0.511. The maximum atomic E-state index is 12.3. The Labute approximate surface area is 168 Å². The maximum Gasteiger partial charge on any atom is 0.338 e. The van der Waals surface area contributed by atoms with Crippen LogP contribution in [-0.2, 0) is 9.53 Å². The van der Waals surface area contributed by atoms with Crippen molar-refractivity contribution in [2.24, 2.45) is 0 Å². The van der Waals surface area contributed by atoms with Crippen LogP contribution in [-0.4, -0.2) is 60.4 Å². The lowest BCUT2D eigenvalue weighted by Crippen LogP contribution is -2.51. The zero-order valence-electron chi connectivity index (χ0n) is 13.9. The highest BCUT2D eigenvalue weighted by molar-refractivity contribution is 14.1. The number of piperazine rings is 1. The van der Waals surface area contributed by atoms with Gasteiger partial charge in [0.2, 0.25) is 0 Å². The molecule has 8 heteroatoms. The van der Waals surface area contributed by atoms with Crippen molar-refractivity contribution in [2.45, 2.75) is 0 Å². The molecule has 136 valence electrons. The fraction of sp³-hybridized carbons (Fsp3) is 0.278. The van der Waals surface area contributed by atoms with Gasteiger partial charge in [0.05, 0.1) is 10.4 Å². The van der Waals surface area contributed by atoms with E-state index in [2.05, 4.69) is 22.6 Å². The van der Waals surface area contributed by atoms with Crippen LogP contribution in [0.2, 0.25) is 0 Å². The molecule has 1 aliphatic rings. The third-order valence-electron chi connectivity index (χ3n) is 4.04. The molecule has 1 saturated heterocycles. The molecule has 2 heterocycles. The average molecular weight is 484 g/mol. The fourth-order valence-corrected chi connectivity index (χ4v) is 3.87. The number of hydrogen-bond acceptors (Lipinski definition) is 5. The lowest BCUT2D eigenvalue weighted by molar-refractivity contribution is -0.136. The lowest BCUT2D eigenvalue weighted by Gasteiger charge is -2.34. The van der Waals surface area contributed by atoms with Gasteiger partial charge in [-0.15, -0.1) is 11.3 Å². The molecular weight excluding hydrogens is 467 g/mol. The normalized spacial score (nSPS) is 14.2. The number of thiophene rings is 1. The van der Waals surface area contributed by atoms with Crippen LogP contribution in [0.3, 0.4) is 0 Å². The smallest absolute Gasteiger partial charge is 0.338 e. The Balaban J connectivity index is 1.46. The second kappa shape index (κ2) is 8.63. The van der Waals surface area contributed by atoms with Crippen molar-refractivity contribution in [1.29, 1.82) is 0 Å². The molecule has 1 aliphatic heterocycles. The highest BCUT2D eigenvalue weighted by Crippen LogP contribution is 2.14. The van der Waals surface area contributed by atoms with Crippen molar-refractivity contribution in [2.75, 3.05) is 32.8 Å². The zero-order chi connectivity index (χ0) is 18.5. The largest absolute Gasteiger partial charge is 0.452 e. The number of ether oxygens (including phenoxy) is 1. The molecule has 0 atom stereocenters. The molecule has 6 nitrogen and oxygen atoms in total. The van der Waals surface area contributed by atoms with Gasteiger partial charge in [-0.3, -0.25) is 9.59 Å². The number of hydrogen-bond donors (Lipinski definition) is 0. The molecule has 26 heavy (non-hydrogen) atoms. The summed E-state index contributed by atoms with van der Waals surface area (Å²) < 4.78 is 6.04. The van der Waals surface area contributed by atoms with Gasteiger partial charge in [-0.1, -0.05) is 12.1 Å². The maximum absolute atomic E-state index is 12.3. The van der Waals surface area contributed by atoms with E-state index in [0.717, 1.165) is 3.57 Å². The number of rotatable bonds is 4.